The molecule has 1 aromatic heterocycles. The third kappa shape index (κ3) is 5.41. The zero-order valence-electron chi connectivity index (χ0n) is 16.9. The van der Waals surface area contributed by atoms with E-state index in [4.69, 9.17) is 0 Å². The van der Waals surface area contributed by atoms with E-state index in [2.05, 4.69) is 71.8 Å². The number of thiophene rings is 1. The molecule has 0 unspecified atom stereocenters. The van der Waals surface area contributed by atoms with Crippen LogP contribution >= 0.6 is 11.3 Å². The van der Waals surface area contributed by atoms with E-state index < -0.39 is 0 Å². The largest absolute Gasteiger partial charge is 0.348 e. The standard InChI is InChI=1S/C22H31N3OS/c1-16-11-18(3)21(12-17(16)2)19(4)23-22(26)14-25-8-6-24(7-9-25)13-20-5-10-27-15-20/h5,10-12,15,19H,6-9,13-14H2,1-4H3,(H,23,26)/t19-/m0/s1. The summed E-state index contributed by atoms with van der Waals surface area (Å²) in [6.07, 6.45) is 0. The number of nitrogens with one attached hydrogen (secondary N) is 1. The lowest BCUT2D eigenvalue weighted by molar-refractivity contribution is -0.123. The number of carbonyl (C=O) groups excluding carboxylic acids is 1. The van der Waals surface area contributed by atoms with Crippen LogP contribution in [0.1, 0.15) is 40.8 Å². The zero-order valence-corrected chi connectivity index (χ0v) is 17.7. The molecule has 146 valence electrons. The average Bonchev–Trinajstić information content (AvgIpc) is 3.12. The van der Waals surface area contributed by atoms with Crippen molar-refractivity contribution in [1.82, 2.24) is 15.1 Å². The van der Waals surface area contributed by atoms with E-state index >= 15 is 0 Å². The summed E-state index contributed by atoms with van der Waals surface area (Å²) in [4.78, 5) is 17.3. The molecule has 1 N–H and O–H groups in total. The van der Waals surface area contributed by atoms with Crippen LogP contribution in [0.3, 0.4) is 0 Å². The van der Waals surface area contributed by atoms with Crippen molar-refractivity contribution in [3.05, 3.63) is 56.8 Å². The molecule has 5 heteroatoms. The van der Waals surface area contributed by atoms with Gasteiger partial charge in [0.25, 0.3) is 0 Å². The fourth-order valence-corrected chi connectivity index (χ4v) is 4.42. The van der Waals surface area contributed by atoms with Gasteiger partial charge < -0.3 is 5.32 Å². The number of rotatable bonds is 6. The fourth-order valence-electron chi connectivity index (χ4n) is 3.76. The molecule has 3 rings (SSSR count). The highest BCUT2D eigenvalue weighted by Gasteiger charge is 2.20. The number of hydrogen-bond acceptors (Lipinski definition) is 4. The van der Waals surface area contributed by atoms with Gasteiger partial charge in [-0.3, -0.25) is 14.6 Å². The van der Waals surface area contributed by atoms with Crippen molar-refractivity contribution in [2.75, 3.05) is 32.7 Å². The lowest BCUT2D eigenvalue weighted by Gasteiger charge is -2.34. The quantitative estimate of drug-likeness (QED) is 0.824. The van der Waals surface area contributed by atoms with Crippen LogP contribution in [-0.4, -0.2) is 48.4 Å². The molecular formula is C22H31N3OS. The number of hydrogen-bond donors (Lipinski definition) is 1. The lowest BCUT2D eigenvalue weighted by Crippen LogP contribution is -2.49. The van der Waals surface area contributed by atoms with Crippen LogP contribution in [0.5, 0.6) is 0 Å². The summed E-state index contributed by atoms with van der Waals surface area (Å²) in [6, 6.07) is 6.65. The topological polar surface area (TPSA) is 35.6 Å². The summed E-state index contributed by atoms with van der Waals surface area (Å²) in [5.41, 5.74) is 6.43. The normalized spacial score (nSPS) is 17.0. The molecule has 0 saturated carbocycles. The highest BCUT2D eigenvalue weighted by molar-refractivity contribution is 7.07. The summed E-state index contributed by atoms with van der Waals surface area (Å²) in [5.74, 6) is 0.117. The van der Waals surface area contributed by atoms with Crippen LogP contribution in [0.4, 0.5) is 0 Å². The average molecular weight is 386 g/mol. The van der Waals surface area contributed by atoms with Crippen molar-refractivity contribution < 1.29 is 4.79 Å². The Balaban J connectivity index is 1.46. The van der Waals surface area contributed by atoms with E-state index in [1.165, 1.54) is 27.8 Å². The molecule has 0 bridgehead atoms. The van der Waals surface area contributed by atoms with Crippen LogP contribution < -0.4 is 5.32 Å². The number of amides is 1. The summed E-state index contributed by atoms with van der Waals surface area (Å²) in [6.45, 7) is 13.9. The second-order valence-electron chi connectivity index (χ2n) is 7.77. The smallest absolute Gasteiger partial charge is 0.234 e. The van der Waals surface area contributed by atoms with Crippen LogP contribution in [0.15, 0.2) is 29.0 Å². The van der Waals surface area contributed by atoms with Gasteiger partial charge in [-0.05, 0) is 72.3 Å². The fraction of sp³-hybridized carbons (Fsp3) is 0.500. The summed E-state index contributed by atoms with van der Waals surface area (Å²) in [7, 11) is 0. The Morgan fingerprint density at radius 3 is 2.41 bits per heavy atom. The van der Waals surface area contributed by atoms with Crippen molar-refractivity contribution in [3.63, 3.8) is 0 Å². The van der Waals surface area contributed by atoms with Crippen molar-refractivity contribution in [2.24, 2.45) is 0 Å². The highest BCUT2D eigenvalue weighted by Crippen LogP contribution is 2.21. The van der Waals surface area contributed by atoms with E-state index in [9.17, 15) is 4.79 Å². The van der Waals surface area contributed by atoms with Gasteiger partial charge in [0.2, 0.25) is 5.91 Å². The second kappa shape index (κ2) is 9.00. The summed E-state index contributed by atoms with van der Waals surface area (Å²) < 4.78 is 0. The van der Waals surface area contributed by atoms with Gasteiger partial charge in [-0.15, -0.1) is 0 Å². The Morgan fingerprint density at radius 2 is 1.74 bits per heavy atom. The SMILES string of the molecule is Cc1cc(C)c([C@H](C)NC(=O)CN2CCN(Cc3ccsc3)CC2)cc1C. The summed E-state index contributed by atoms with van der Waals surface area (Å²) in [5, 5.41) is 7.54. The number of benzene rings is 1. The summed E-state index contributed by atoms with van der Waals surface area (Å²) >= 11 is 1.75. The van der Waals surface area contributed by atoms with Crippen molar-refractivity contribution in [3.8, 4) is 0 Å². The van der Waals surface area contributed by atoms with Gasteiger partial charge in [0, 0.05) is 32.7 Å². The Hall–Kier alpha value is -1.69. The minimum atomic E-state index is 0.0386. The van der Waals surface area contributed by atoms with E-state index in [1.54, 1.807) is 11.3 Å². The number of nitrogens with zero attached hydrogens (tertiary/aromatic N) is 2. The van der Waals surface area contributed by atoms with Crippen molar-refractivity contribution >= 4 is 17.2 Å². The number of carbonyl (C=O) groups is 1. The second-order valence-corrected chi connectivity index (χ2v) is 8.55. The van der Waals surface area contributed by atoms with E-state index in [0.29, 0.717) is 6.54 Å². The van der Waals surface area contributed by atoms with Gasteiger partial charge in [-0.1, -0.05) is 12.1 Å². The molecule has 0 spiro atoms. The maximum Gasteiger partial charge on any atom is 0.234 e. The molecule has 1 aromatic carbocycles. The Bertz CT molecular complexity index is 764. The molecule has 0 radical (unpaired) electrons. The van der Waals surface area contributed by atoms with Gasteiger partial charge >= 0.3 is 0 Å². The van der Waals surface area contributed by atoms with Gasteiger partial charge in [-0.2, -0.15) is 11.3 Å². The molecule has 1 aliphatic rings. The molecule has 2 aromatic rings. The molecular weight excluding hydrogens is 354 g/mol. The van der Waals surface area contributed by atoms with Gasteiger partial charge in [0.15, 0.2) is 0 Å². The third-order valence-electron chi connectivity index (χ3n) is 5.54. The van der Waals surface area contributed by atoms with E-state index in [0.717, 1.165) is 32.7 Å². The molecule has 27 heavy (non-hydrogen) atoms. The Morgan fingerprint density at radius 1 is 1.07 bits per heavy atom. The van der Waals surface area contributed by atoms with E-state index in [1.807, 2.05) is 0 Å². The van der Waals surface area contributed by atoms with E-state index in [-0.39, 0.29) is 11.9 Å². The molecule has 1 fully saturated rings. The predicted molar refractivity (Wildman–Crippen MR) is 113 cm³/mol. The molecule has 1 atom stereocenters. The molecule has 1 aliphatic heterocycles. The minimum absolute atomic E-state index is 0.0386. The van der Waals surface area contributed by atoms with Gasteiger partial charge in [0.05, 0.1) is 12.6 Å². The minimum Gasteiger partial charge on any atom is -0.348 e. The highest BCUT2D eigenvalue weighted by atomic mass is 32.1. The molecule has 1 saturated heterocycles. The molecule has 4 nitrogen and oxygen atoms in total. The first-order chi connectivity index (χ1) is 12.9. The maximum absolute atomic E-state index is 12.5. The van der Waals surface area contributed by atoms with Crippen LogP contribution in [0, 0.1) is 20.8 Å². The number of aryl methyl sites for hydroxylation is 3. The first-order valence-corrected chi connectivity index (χ1v) is 10.7. The Kier molecular flexibility index (Phi) is 6.68. The van der Waals surface area contributed by atoms with Crippen molar-refractivity contribution in [1.29, 1.82) is 0 Å². The van der Waals surface area contributed by atoms with Crippen LogP contribution in [0.25, 0.3) is 0 Å². The third-order valence-corrected chi connectivity index (χ3v) is 6.28. The predicted octanol–water partition coefficient (Wildman–Crippen LogP) is 3.67. The zero-order chi connectivity index (χ0) is 19.4. The van der Waals surface area contributed by atoms with Crippen LogP contribution in [-0.2, 0) is 11.3 Å². The molecule has 1 amide bonds. The monoisotopic (exact) mass is 385 g/mol. The van der Waals surface area contributed by atoms with Crippen molar-refractivity contribution in [2.45, 2.75) is 40.3 Å². The molecule has 2 heterocycles. The first-order valence-electron chi connectivity index (χ1n) is 9.75. The van der Waals surface area contributed by atoms with Crippen LogP contribution in [0.2, 0.25) is 0 Å². The van der Waals surface area contributed by atoms with Gasteiger partial charge in [0.1, 0.15) is 0 Å². The first kappa shape index (κ1) is 20.1. The Labute approximate surface area is 167 Å². The van der Waals surface area contributed by atoms with Gasteiger partial charge in [-0.25, -0.2) is 0 Å². The molecule has 0 aliphatic carbocycles. The lowest BCUT2D eigenvalue weighted by atomic mass is 9.96. The number of piperazine rings is 1. The maximum atomic E-state index is 12.5.